The lowest BCUT2D eigenvalue weighted by atomic mass is 9.87. The van der Waals surface area contributed by atoms with Crippen molar-refractivity contribution in [1.29, 1.82) is 0 Å². The number of alkyl halides is 2. The van der Waals surface area contributed by atoms with Crippen LogP contribution in [0.4, 0.5) is 18.0 Å². The monoisotopic (exact) mass is 435 g/mol. The van der Waals surface area contributed by atoms with E-state index in [2.05, 4.69) is 15.4 Å². The number of carbonyl (C=O) groups is 3. The van der Waals surface area contributed by atoms with Crippen molar-refractivity contribution in [3.63, 3.8) is 0 Å². The maximum Gasteiger partial charge on any atom is 0.387 e. The van der Waals surface area contributed by atoms with Gasteiger partial charge >= 0.3 is 12.6 Å². The van der Waals surface area contributed by atoms with E-state index in [9.17, 15) is 27.6 Å². The van der Waals surface area contributed by atoms with Gasteiger partial charge in [0.15, 0.2) is 0 Å². The minimum atomic E-state index is -2.93. The van der Waals surface area contributed by atoms with E-state index in [4.69, 9.17) is 0 Å². The standard InChI is InChI=1S/C21H20F3N3O4/c1-2-21(14-5-7-15(22)8-6-14)18(29)27(20(30)26-21)12-17(28)25-11-13-3-9-16(10-4-13)31-19(23)24/h3-10,19H,2,11-12H2,1H3,(H,25,28)(H,26,30). The first kappa shape index (κ1) is 22.1. The fourth-order valence-corrected chi connectivity index (χ4v) is 3.33. The van der Waals surface area contributed by atoms with Crippen LogP contribution in [0.25, 0.3) is 0 Å². The van der Waals surface area contributed by atoms with Crippen LogP contribution in [0.3, 0.4) is 0 Å². The molecule has 4 amide bonds. The molecule has 2 N–H and O–H groups in total. The van der Waals surface area contributed by atoms with E-state index in [0.29, 0.717) is 11.1 Å². The quantitative estimate of drug-likeness (QED) is 0.625. The van der Waals surface area contributed by atoms with Gasteiger partial charge in [0, 0.05) is 6.54 Å². The molecule has 1 aliphatic rings. The number of halogens is 3. The van der Waals surface area contributed by atoms with E-state index in [1.165, 1.54) is 48.5 Å². The van der Waals surface area contributed by atoms with Gasteiger partial charge in [0.05, 0.1) is 0 Å². The summed E-state index contributed by atoms with van der Waals surface area (Å²) < 4.78 is 41.9. The molecule has 164 valence electrons. The van der Waals surface area contributed by atoms with Gasteiger partial charge in [-0.2, -0.15) is 8.78 Å². The topological polar surface area (TPSA) is 87.7 Å². The Bertz CT molecular complexity index is 967. The first-order chi connectivity index (χ1) is 14.7. The van der Waals surface area contributed by atoms with Crippen LogP contribution in [0.2, 0.25) is 0 Å². The summed E-state index contributed by atoms with van der Waals surface area (Å²) in [7, 11) is 0. The van der Waals surface area contributed by atoms with Crippen molar-refractivity contribution < 1.29 is 32.3 Å². The molecule has 3 rings (SSSR count). The minimum Gasteiger partial charge on any atom is -0.435 e. The second-order valence-electron chi connectivity index (χ2n) is 6.89. The Labute approximate surface area is 176 Å². The predicted molar refractivity (Wildman–Crippen MR) is 104 cm³/mol. The van der Waals surface area contributed by atoms with Crippen LogP contribution >= 0.6 is 0 Å². The molecule has 7 nitrogen and oxygen atoms in total. The van der Waals surface area contributed by atoms with Crippen LogP contribution in [0.5, 0.6) is 5.75 Å². The van der Waals surface area contributed by atoms with E-state index >= 15 is 0 Å². The molecule has 0 bridgehead atoms. The summed E-state index contributed by atoms with van der Waals surface area (Å²) in [5.74, 6) is -1.67. The lowest BCUT2D eigenvalue weighted by Gasteiger charge is -2.25. The molecule has 0 saturated carbocycles. The van der Waals surface area contributed by atoms with Crippen LogP contribution in [0.15, 0.2) is 48.5 Å². The normalized spacial score (nSPS) is 18.3. The molecule has 2 aromatic rings. The largest absolute Gasteiger partial charge is 0.435 e. The molecule has 1 heterocycles. The predicted octanol–water partition coefficient (Wildman–Crippen LogP) is 2.90. The second kappa shape index (κ2) is 9.07. The highest BCUT2D eigenvalue weighted by Gasteiger charge is 2.51. The number of benzene rings is 2. The zero-order valence-electron chi connectivity index (χ0n) is 16.5. The molecule has 1 fully saturated rings. The molecule has 10 heteroatoms. The molecule has 1 unspecified atom stereocenters. The van der Waals surface area contributed by atoms with Crippen LogP contribution in [0, 0.1) is 5.82 Å². The summed E-state index contributed by atoms with van der Waals surface area (Å²) in [6.45, 7) is -1.67. The highest BCUT2D eigenvalue weighted by atomic mass is 19.3. The summed E-state index contributed by atoms with van der Waals surface area (Å²) in [5.41, 5.74) is -0.337. The zero-order valence-corrected chi connectivity index (χ0v) is 16.5. The smallest absolute Gasteiger partial charge is 0.387 e. The molecule has 0 aliphatic carbocycles. The number of hydrogen-bond acceptors (Lipinski definition) is 4. The Balaban J connectivity index is 1.62. The van der Waals surface area contributed by atoms with Crippen molar-refractivity contribution in [3.05, 3.63) is 65.5 Å². The molecule has 2 aromatic carbocycles. The number of urea groups is 1. The Morgan fingerprint density at radius 1 is 1.13 bits per heavy atom. The van der Waals surface area contributed by atoms with Gasteiger partial charge in [-0.05, 0) is 41.8 Å². The fraction of sp³-hybridized carbons (Fsp3) is 0.286. The van der Waals surface area contributed by atoms with Gasteiger partial charge in [0.25, 0.3) is 5.91 Å². The Morgan fingerprint density at radius 2 is 1.77 bits per heavy atom. The number of hydrogen-bond donors (Lipinski definition) is 2. The molecule has 31 heavy (non-hydrogen) atoms. The molecular formula is C21H20F3N3O4. The van der Waals surface area contributed by atoms with Gasteiger partial charge in [-0.25, -0.2) is 9.18 Å². The van der Waals surface area contributed by atoms with E-state index < -0.39 is 42.4 Å². The number of nitrogens with one attached hydrogen (secondary N) is 2. The SMILES string of the molecule is CCC1(c2ccc(F)cc2)NC(=O)N(CC(=O)NCc2ccc(OC(F)F)cc2)C1=O. The van der Waals surface area contributed by atoms with Crippen molar-refractivity contribution in [2.75, 3.05) is 6.54 Å². The lowest BCUT2D eigenvalue weighted by Crippen LogP contribution is -2.44. The molecule has 0 aromatic heterocycles. The summed E-state index contributed by atoms with van der Waals surface area (Å²) >= 11 is 0. The van der Waals surface area contributed by atoms with Crippen LogP contribution in [0.1, 0.15) is 24.5 Å². The van der Waals surface area contributed by atoms with Gasteiger partial charge in [-0.15, -0.1) is 0 Å². The highest BCUT2D eigenvalue weighted by Crippen LogP contribution is 2.32. The number of carbonyl (C=O) groups excluding carboxylic acids is 3. The van der Waals surface area contributed by atoms with Crippen LogP contribution < -0.4 is 15.4 Å². The summed E-state index contributed by atoms with van der Waals surface area (Å²) in [6, 6.07) is 10.2. The van der Waals surface area contributed by atoms with Crippen molar-refractivity contribution in [3.8, 4) is 5.75 Å². The van der Waals surface area contributed by atoms with E-state index in [-0.39, 0.29) is 18.7 Å². The third kappa shape index (κ3) is 4.79. The molecule has 1 saturated heterocycles. The molecule has 0 radical (unpaired) electrons. The van der Waals surface area contributed by atoms with Gasteiger partial charge in [0.2, 0.25) is 5.91 Å². The Kier molecular flexibility index (Phi) is 6.47. The highest BCUT2D eigenvalue weighted by molar-refractivity contribution is 6.09. The second-order valence-corrected chi connectivity index (χ2v) is 6.89. The Morgan fingerprint density at radius 3 is 2.35 bits per heavy atom. The summed E-state index contributed by atoms with van der Waals surface area (Å²) in [5, 5.41) is 5.18. The molecular weight excluding hydrogens is 415 g/mol. The van der Waals surface area contributed by atoms with E-state index in [0.717, 1.165) is 4.90 Å². The number of ether oxygens (including phenoxy) is 1. The third-order valence-corrected chi connectivity index (χ3v) is 4.98. The van der Waals surface area contributed by atoms with Crippen LogP contribution in [-0.2, 0) is 21.7 Å². The van der Waals surface area contributed by atoms with Crippen molar-refractivity contribution in [2.24, 2.45) is 0 Å². The van der Waals surface area contributed by atoms with Gasteiger partial charge < -0.3 is 15.4 Å². The van der Waals surface area contributed by atoms with Crippen molar-refractivity contribution in [1.82, 2.24) is 15.5 Å². The lowest BCUT2D eigenvalue weighted by molar-refractivity contribution is -0.135. The summed E-state index contributed by atoms with van der Waals surface area (Å²) in [6.07, 6.45) is 0.217. The first-order valence-electron chi connectivity index (χ1n) is 9.46. The first-order valence-corrected chi connectivity index (χ1v) is 9.46. The van der Waals surface area contributed by atoms with Crippen LogP contribution in [-0.4, -0.2) is 35.9 Å². The fourth-order valence-electron chi connectivity index (χ4n) is 3.33. The molecule has 0 spiro atoms. The van der Waals surface area contributed by atoms with Crippen molar-refractivity contribution >= 4 is 17.8 Å². The van der Waals surface area contributed by atoms with Gasteiger partial charge in [-0.3, -0.25) is 14.5 Å². The average Bonchev–Trinajstić information content (AvgIpc) is 2.98. The number of rotatable bonds is 8. The Hall–Kier alpha value is -3.56. The molecule has 1 atom stereocenters. The minimum absolute atomic E-state index is 0.0129. The van der Waals surface area contributed by atoms with Gasteiger partial charge in [-0.1, -0.05) is 31.2 Å². The zero-order chi connectivity index (χ0) is 22.6. The number of amides is 4. The number of imide groups is 1. The van der Waals surface area contributed by atoms with E-state index in [1.807, 2.05) is 0 Å². The number of nitrogens with zero attached hydrogens (tertiary/aromatic N) is 1. The van der Waals surface area contributed by atoms with E-state index in [1.54, 1.807) is 6.92 Å². The third-order valence-electron chi connectivity index (χ3n) is 4.98. The maximum absolute atomic E-state index is 13.3. The van der Waals surface area contributed by atoms with Crippen molar-refractivity contribution in [2.45, 2.75) is 32.0 Å². The summed E-state index contributed by atoms with van der Waals surface area (Å²) in [4.78, 5) is 38.5. The molecule has 1 aliphatic heterocycles. The van der Waals surface area contributed by atoms with Gasteiger partial charge in [0.1, 0.15) is 23.7 Å². The average molecular weight is 435 g/mol. The maximum atomic E-state index is 13.3.